The van der Waals surface area contributed by atoms with Gasteiger partial charge in [0.15, 0.2) is 0 Å². The van der Waals surface area contributed by atoms with Crippen LogP contribution in [0.15, 0.2) is 48.7 Å². The van der Waals surface area contributed by atoms with Gasteiger partial charge in [-0.25, -0.2) is 9.78 Å². The van der Waals surface area contributed by atoms with Gasteiger partial charge >= 0.3 is 5.97 Å². The molecule has 0 atom stereocenters. The molecule has 6 nitrogen and oxygen atoms in total. The Morgan fingerprint density at radius 3 is 2.62 bits per heavy atom. The number of aromatic carboxylic acids is 1. The number of benzene rings is 2. The molecule has 0 saturated heterocycles. The summed E-state index contributed by atoms with van der Waals surface area (Å²) in [6.07, 6.45) is 1.34. The second-order valence-electron chi connectivity index (χ2n) is 4.32. The Morgan fingerprint density at radius 2 is 1.86 bits per heavy atom. The third-order valence-electron chi connectivity index (χ3n) is 2.95. The summed E-state index contributed by atoms with van der Waals surface area (Å²) in [5, 5.41) is 10.6. The Morgan fingerprint density at radius 1 is 1.10 bits per heavy atom. The van der Waals surface area contributed by atoms with E-state index in [4.69, 9.17) is 15.6 Å². The molecule has 21 heavy (non-hydrogen) atoms. The van der Waals surface area contributed by atoms with Crippen molar-refractivity contribution in [2.24, 2.45) is 0 Å². The molecule has 0 aliphatic rings. The van der Waals surface area contributed by atoms with E-state index >= 15 is 0 Å². The van der Waals surface area contributed by atoms with E-state index in [2.05, 4.69) is 9.97 Å². The second-order valence-corrected chi connectivity index (χ2v) is 4.32. The van der Waals surface area contributed by atoms with Crippen molar-refractivity contribution in [3.8, 4) is 11.6 Å². The maximum Gasteiger partial charge on any atom is 0.374 e. The topological polar surface area (TPSA) is 98.3 Å². The van der Waals surface area contributed by atoms with Gasteiger partial charge in [0.05, 0.1) is 0 Å². The third-order valence-corrected chi connectivity index (χ3v) is 2.95. The van der Waals surface area contributed by atoms with Crippen LogP contribution in [0.3, 0.4) is 0 Å². The molecule has 0 amide bonds. The molecule has 0 radical (unpaired) electrons. The maximum absolute atomic E-state index is 10.9. The number of nitrogens with two attached hydrogens (primary N) is 1. The van der Waals surface area contributed by atoms with Gasteiger partial charge in [-0.15, -0.1) is 0 Å². The molecule has 3 N–H and O–H groups in total. The Labute approximate surface area is 119 Å². The van der Waals surface area contributed by atoms with Crippen LogP contribution in [0.4, 0.5) is 5.69 Å². The molecule has 1 aromatic heterocycles. The number of carboxylic acid groups (broad SMARTS) is 1. The first kappa shape index (κ1) is 12.9. The highest BCUT2D eigenvalue weighted by Crippen LogP contribution is 2.32. The van der Waals surface area contributed by atoms with Gasteiger partial charge in [0.2, 0.25) is 11.7 Å². The number of fused-ring (bicyclic) bond motifs is 1. The summed E-state index contributed by atoms with van der Waals surface area (Å²) in [5.41, 5.74) is 6.57. The van der Waals surface area contributed by atoms with Crippen LogP contribution < -0.4 is 10.5 Å². The summed E-state index contributed by atoms with van der Waals surface area (Å²) < 4.78 is 5.67. The molecular weight excluding hydrogens is 270 g/mol. The van der Waals surface area contributed by atoms with E-state index in [1.165, 1.54) is 12.3 Å². The minimum Gasteiger partial charge on any atom is -0.475 e. The number of rotatable bonds is 3. The average Bonchev–Trinajstić information content (AvgIpc) is 2.51. The normalized spacial score (nSPS) is 10.5. The van der Waals surface area contributed by atoms with Crippen molar-refractivity contribution < 1.29 is 14.6 Å². The van der Waals surface area contributed by atoms with Gasteiger partial charge in [0.1, 0.15) is 5.75 Å². The van der Waals surface area contributed by atoms with Gasteiger partial charge in [-0.2, -0.15) is 4.98 Å². The number of nitrogen functional groups attached to an aromatic ring is 1. The lowest BCUT2D eigenvalue weighted by molar-refractivity contribution is 0.0682. The second kappa shape index (κ2) is 5.09. The van der Waals surface area contributed by atoms with E-state index < -0.39 is 5.97 Å². The van der Waals surface area contributed by atoms with Crippen molar-refractivity contribution in [3.63, 3.8) is 0 Å². The number of carboxylic acids is 1. The summed E-state index contributed by atoms with van der Waals surface area (Å²) >= 11 is 0. The zero-order valence-corrected chi connectivity index (χ0v) is 10.9. The smallest absolute Gasteiger partial charge is 0.374 e. The van der Waals surface area contributed by atoms with Gasteiger partial charge in [-0.1, -0.05) is 24.3 Å². The molecule has 3 rings (SSSR count). The van der Waals surface area contributed by atoms with E-state index in [-0.39, 0.29) is 11.7 Å². The van der Waals surface area contributed by atoms with Crippen molar-refractivity contribution in [2.75, 3.05) is 5.73 Å². The Hall–Kier alpha value is -3.15. The largest absolute Gasteiger partial charge is 0.475 e. The molecule has 0 bridgehead atoms. The number of carbonyl (C=O) groups is 1. The lowest BCUT2D eigenvalue weighted by atomic mass is 10.1. The van der Waals surface area contributed by atoms with Crippen molar-refractivity contribution in [3.05, 3.63) is 54.5 Å². The Bertz CT molecular complexity index is 833. The quantitative estimate of drug-likeness (QED) is 0.716. The maximum atomic E-state index is 10.9. The fourth-order valence-corrected chi connectivity index (χ4v) is 2.00. The molecular formula is C15H11N3O3. The first-order chi connectivity index (χ1) is 10.1. The Balaban J connectivity index is 2.04. The minimum atomic E-state index is -1.21. The van der Waals surface area contributed by atoms with Gasteiger partial charge in [0, 0.05) is 28.7 Å². The first-order valence-corrected chi connectivity index (χ1v) is 6.16. The van der Waals surface area contributed by atoms with Crippen molar-refractivity contribution in [1.29, 1.82) is 0 Å². The van der Waals surface area contributed by atoms with Crippen LogP contribution in [0.2, 0.25) is 0 Å². The SMILES string of the molecule is Nc1ccc(Oc2ccnc(C(=O)O)n2)c2ccccc12. The lowest BCUT2D eigenvalue weighted by Gasteiger charge is -2.09. The Kier molecular flexibility index (Phi) is 3.12. The number of hydrogen-bond acceptors (Lipinski definition) is 5. The molecule has 2 aromatic carbocycles. The van der Waals surface area contributed by atoms with Gasteiger partial charge in [-0.3, -0.25) is 0 Å². The molecule has 0 aliphatic carbocycles. The monoisotopic (exact) mass is 281 g/mol. The van der Waals surface area contributed by atoms with Crippen LogP contribution in [0.1, 0.15) is 10.6 Å². The molecule has 0 unspecified atom stereocenters. The standard InChI is InChI=1S/C15H11N3O3/c16-11-5-6-12(10-4-2-1-3-9(10)11)21-13-7-8-17-14(18-13)15(19)20/h1-8H,16H2,(H,19,20). The number of anilines is 1. The van der Waals surface area contributed by atoms with Crippen LogP contribution in [0, 0.1) is 0 Å². The van der Waals surface area contributed by atoms with Crippen molar-refractivity contribution in [2.45, 2.75) is 0 Å². The summed E-state index contributed by atoms with van der Waals surface area (Å²) in [6.45, 7) is 0. The zero-order chi connectivity index (χ0) is 14.8. The number of aromatic nitrogens is 2. The van der Waals surface area contributed by atoms with Crippen LogP contribution >= 0.6 is 0 Å². The molecule has 104 valence electrons. The minimum absolute atomic E-state index is 0.164. The third kappa shape index (κ3) is 2.46. The predicted molar refractivity (Wildman–Crippen MR) is 77.4 cm³/mol. The summed E-state index contributed by atoms with van der Waals surface area (Å²) in [5.74, 6) is -0.804. The van der Waals surface area contributed by atoms with E-state index in [1.807, 2.05) is 24.3 Å². The van der Waals surface area contributed by atoms with Crippen LogP contribution in [-0.2, 0) is 0 Å². The van der Waals surface area contributed by atoms with E-state index in [0.717, 1.165) is 10.8 Å². The molecule has 3 aromatic rings. The fraction of sp³-hybridized carbons (Fsp3) is 0. The highest BCUT2D eigenvalue weighted by Gasteiger charge is 2.10. The summed E-state index contributed by atoms with van der Waals surface area (Å²) in [4.78, 5) is 18.3. The molecule has 1 heterocycles. The van der Waals surface area contributed by atoms with Gasteiger partial charge < -0.3 is 15.6 Å². The van der Waals surface area contributed by atoms with Crippen LogP contribution in [0.5, 0.6) is 11.6 Å². The van der Waals surface area contributed by atoms with E-state index in [9.17, 15) is 4.79 Å². The molecule has 6 heteroatoms. The van der Waals surface area contributed by atoms with Crippen molar-refractivity contribution >= 4 is 22.4 Å². The summed E-state index contributed by atoms with van der Waals surface area (Å²) in [6, 6.07) is 12.5. The predicted octanol–water partition coefficient (Wildman–Crippen LogP) is 2.70. The van der Waals surface area contributed by atoms with E-state index in [1.54, 1.807) is 12.1 Å². The first-order valence-electron chi connectivity index (χ1n) is 6.16. The number of ether oxygens (including phenoxy) is 1. The average molecular weight is 281 g/mol. The number of hydrogen-bond donors (Lipinski definition) is 2. The molecule has 0 spiro atoms. The van der Waals surface area contributed by atoms with Crippen molar-refractivity contribution in [1.82, 2.24) is 9.97 Å². The highest BCUT2D eigenvalue weighted by atomic mass is 16.5. The van der Waals surface area contributed by atoms with Gasteiger partial charge in [-0.05, 0) is 12.1 Å². The van der Waals surface area contributed by atoms with Crippen LogP contribution in [0.25, 0.3) is 10.8 Å². The van der Waals surface area contributed by atoms with E-state index in [0.29, 0.717) is 11.4 Å². The fourth-order valence-electron chi connectivity index (χ4n) is 2.00. The van der Waals surface area contributed by atoms with Gasteiger partial charge in [0.25, 0.3) is 0 Å². The van der Waals surface area contributed by atoms with Crippen LogP contribution in [-0.4, -0.2) is 21.0 Å². The number of nitrogens with zero attached hydrogens (tertiary/aromatic N) is 2. The lowest BCUT2D eigenvalue weighted by Crippen LogP contribution is -2.04. The summed E-state index contributed by atoms with van der Waals surface area (Å²) in [7, 11) is 0. The molecule has 0 fully saturated rings. The molecule has 0 aliphatic heterocycles. The molecule has 0 saturated carbocycles. The highest BCUT2D eigenvalue weighted by molar-refractivity contribution is 5.97. The zero-order valence-electron chi connectivity index (χ0n) is 10.9.